The van der Waals surface area contributed by atoms with Crippen LogP contribution in [-0.2, 0) is 4.74 Å². The number of fused-ring (bicyclic) bond motifs is 2. The van der Waals surface area contributed by atoms with Gasteiger partial charge in [-0.3, -0.25) is 9.59 Å². The van der Waals surface area contributed by atoms with Gasteiger partial charge >= 0.3 is 5.97 Å². The van der Waals surface area contributed by atoms with E-state index in [0.717, 1.165) is 0 Å². The number of ether oxygens (including phenoxy) is 1. The first-order valence-corrected chi connectivity index (χ1v) is 4.74. The van der Waals surface area contributed by atoms with Crippen LogP contribution >= 0.6 is 0 Å². The van der Waals surface area contributed by atoms with E-state index >= 15 is 0 Å². The second kappa shape index (κ2) is 2.66. The van der Waals surface area contributed by atoms with Crippen LogP contribution in [0.5, 0.6) is 0 Å². The number of hydrogen-bond acceptors (Lipinski definition) is 4. The van der Waals surface area contributed by atoms with Crippen LogP contribution in [-0.4, -0.2) is 17.5 Å². The van der Waals surface area contributed by atoms with Gasteiger partial charge in [0.25, 0.3) is 0 Å². The Morgan fingerprint density at radius 2 is 1.50 bits per heavy atom. The lowest BCUT2D eigenvalue weighted by Crippen LogP contribution is -1.98. The van der Waals surface area contributed by atoms with E-state index in [0.29, 0.717) is 22.3 Å². The molecule has 1 aliphatic carbocycles. The van der Waals surface area contributed by atoms with Crippen LogP contribution in [0, 0.1) is 0 Å². The summed E-state index contributed by atoms with van der Waals surface area (Å²) >= 11 is 0. The van der Waals surface area contributed by atoms with E-state index in [1.165, 1.54) is 12.1 Å². The molecule has 0 N–H and O–H groups in total. The van der Waals surface area contributed by atoms with Crippen molar-refractivity contribution in [2.45, 2.75) is 6.42 Å². The summed E-state index contributed by atoms with van der Waals surface area (Å²) < 4.78 is 4.82. The summed E-state index contributed by atoms with van der Waals surface area (Å²) in [4.78, 5) is 34.3. The number of ketones is 2. The molecule has 0 bridgehead atoms. The van der Waals surface area contributed by atoms with Crippen molar-refractivity contribution in [1.29, 1.82) is 0 Å². The minimum atomic E-state index is -0.519. The van der Waals surface area contributed by atoms with Crippen LogP contribution in [0.4, 0.5) is 0 Å². The molecule has 0 saturated carbocycles. The average molecular weight is 214 g/mol. The highest BCUT2D eigenvalue weighted by atomic mass is 16.5. The zero-order chi connectivity index (χ0) is 11.4. The van der Waals surface area contributed by atoms with Gasteiger partial charge in [-0.2, -0.15) is 0 Å². The van der Waals surface area contributed by atoms with E-state index in [1.54, 1.807) is 0 Å². The van der Waals surface area contributed by atoms with Crippen LogP contribution in [0.15, 0.2) is 18.7 Å². The quantitative estimate of drug-likeness (QED) is 0.486. The molecule has 0 unspecified atom stereocenters. The maximum atomic E-state index is 11.5. The molecule has 1 aliphatic heterocycles. The first kappa shape index (κ1) is 9.03. The lowest BCUT2D eigenvalue weighted by atomic mass is 10.0. The lowest BCUT2D eigenvalue weighted by molar-refractivity contribution is 0.0716. The van der Waals surface area contributed by atoms with Gasteiger partial charge in [0.15, 0.2) is 11.6 Å². The van der Waals surface area contributed by atoms with Gasteiger partial charge in [-0.15, -0.1) is 0 Å². The Morgan fingerprint density at radius 3 is 2.12 bits per heavy atom. The minimum absolute atomic E-state index is 0.111. The second-order valence-corrected chi connectivity index (χ2v) is 3.78. The molecule has 0 spiro atoms. The number of esters is 1. The highest BCUT2D eigenvalue weighted by Crippen LogP contribution is 2.34. The van der Waals surface area contributed by atoms with Crippen LogP contribution in [0.2, 0.25) is 0 Å². The van der Waals surface area contributed by atoms with Crippen LogP contribution < -0.4 is 0 Å². The smallest absolute Gasteiger partial charge is 0.344 e. The Labute approximate surface area is 90.5 Å². The predicted molar refractivity (Wildman–Crippen MR) is 54.2 cm³/mol. The monoisotopic (exact) mass is 214 g/mol. The summed E-state index contributed by atoms with van der Waals surface area (Å²) in [6, 6.07) is 2.95. The molecular weight excluding hydrogens is 208 g/mol. The number of cyclic esters (lactones) is 1. The molecule has 78 valence electrons. The van der Waals surface area contributed by atoms with E-state index in [2.05, 4.69) is 6.58 Å². The van der Waals surface area contributed by atoms with Gasteiger partial charge in [0, 0.05) is 16.7 Å². The summed E-state index contributed by atoms with van der Waals surface area (Å²) in [6.07, 6.45) is -0.111. The highest BCUT2D eigenvalue weighted by molar-refractivity contribution is 6.25. The third kappa shape index (κ3) is 0.957. The molecule has 1 aromatic carbocycles. The number of hydrogen-bond donors (Lipinski definition) is 0. The van der Waals surface area contributed by atoms with E-state index in [9.17, 15) is 14.4 Å². The summed E-state index contributed by atoms with van der Waals surface area (Å²) in [6.45, 7) is 3.58. The molecule has 0 atom stereocenters. The molecule has 4 nitrogen and oxygen atoms in total. The number of rotatable bonds is 0. The zero-order valence-electron chi connectivity index (χ0n) is 8.20. The van der Waals surface area contributed by atoms with Crippen molar-refractivity contribution in [3.63, 3.8) is 0 Å². The predicted octanol–water partition coefficient (Wildman–Crippen LogP) is 1.60. The summed E-state index contributed by atoms with van der Waals surface area (Å²) in [5.41, 5.74) is 1.50. The Morgan fingerprint density at radius 1 is 0.938 bits per heavy atom. The average Bonchev–Trinajstić information content (AvgIpc) is 2.67. The van der Waals surface area contributed by atoms with E-state index in [-0.39, 0.29) is 23.7 Å². The van der Waals surface area contributed by atoms with E-state index in [1.807, 2.05) is 0 Å². The Hall–Kier alpha value is -2.23. The third-order valence-corrected chi connectivity index (χ3v) is 2.82. The van der Waals surface area contributed by atoms with Crippen molar-refractivity contribution in [2.75, 3.05) is 0 Å². The standard InChI is InChI=1S/C12H6O4/c1-5-6-2-7-8(11(14)4-10(7)13)3-9(6)12(15)16-5/h2-3H,1,4H2. The molecule has 4 heteroatoms. The second-order valence-electron chi connectivity index (χ2n) is 3.78. The Kier molecular flexibility index (Phi) is 1.50. The summed E-state index contributed by atoms with van der Waals surface area (Å²) in [5.74, 6) is -0.743. The molecule has 2 aliphatic rings. The SMILES string of the molecule is C=C1OC(=O)c2cc3c(cc21)C(=O)CC3=O. The summed E-state index contributed by atoms with van der Waals surface area (Å²) in [7, 11) is 0. The maximum Gasteiger partial charge on any atom is 0.344 e. The molecular formula is C12H6O4. The molecule has 0 fully saturated rings. The van der Waals surface area contributed by atoms with Gasteiger partial charge in [0.1, 0.15) is 5.76 Å². The molecule has 1 aromatic rings. The highest BCUT2D eigenvalue weighted by Gasteiger charge is 2.33. The number of Topliss-reactive ketones (excluding diaryl/α,β-unsaturated/α-hetero) is 2. The fourth-order valence-electron chi connectivity index (χ4n) is 2.02. The van der Waals surface area contributed by atoms with Crippen molar-refractivity contribution in [1.82, 2.24) is 0 Å². The molecule has 0 radical (unpaired) electrons. The van der Waals surface area contributed by atoms with Crippen LogP contribution in [0.1, 0.15) is 43.1 Å². The van der Waals surface area contributed by atoms with Gasteiger partial charge in [-0.1, -0.05) is 6.58 Å². The van der Waals surface area contributed by atoms with Crippen LogP contribution in [0.25, 0.3) is 5.76 Å². The van der Waals surface area contributed by atoms with Crippen LogP contribution in [0.3, 0.4) is 0 Å². The van der Waals surface area contributed by atoms with E-state index < -0.39 is 5.97 Å². The van der Waals surface area contributed by atoms with Crippen molar-refractivity contribution < 1.29 is 19.1 Å². The molecule has 1 heterocycles. The number of carbonyl (C=O) groups is 3. The molecule has 0 aromatic heterocycles. The van der Waals surface area contributed by atoms with Gasteiger partial charge in [0.2, 0.25) is 0 Å². The molecule has 0 saturated heterocycles. The molecule has 3 rings (SSSR count). The Bertz CT molecular complexity index is 495. The summed E-state index contributed by atoms with van der Waals surface area (Å²) in [5, 5.41) is 0. The van der Waals surface area contributed by atoms with Gasteiger partial charge in [-0.05, 0) is 12.1 Å². The largest absolute Gasteiger partial charge is 0.423 e. The number of carbonyl (C=O) groups excluding carboxylic acids is 3. The van der Waals surface area contributed by atoms with Gasteiger partial charge in [-0.25, -0.2) is 4.79 Å². The maximum absolute atomic E-state index is 11.5. The number of benzene rings is 1. The van der Waals surface area contributed by atoms with Crippen molar-refractivity contribution in [3.05, 3.63) is 41.0 Å². The van der Waals surface area contributed by atoms with Crippen molar-refractivity contribution >= 4 is 23.3 Å². The first-order chi connectivity index (χ1) is 7.58. The van der Waals surface area contributed by atoms with Crippen molar-refractivity contribution in [2.24, 2.45) is 0 Å². The first-order valence-electron chi connectivity index (χ1n) is 4.74. The molecule has 0 amide bonds. The zero-order valence-corrected chi connectivity index (χ0v) is 8.20. The van der Waals surface area contributed by atoms with Gasteiger partial charge in [0.05, 0.1) is 12.0 Å². The Balaban J connectivity index is 2.33. The van der Waals surface area contributed by atoms with Crippen molar-refractivity contribution in [3.8, 4) is 0 Å². The topological polar surface area (TPSA) is 60.4 Å². The van der Waals surface area contributed by atoms with Gasteiger partial charge < -0.3 is 4.74 Å². The van der Waals surface area contributed by atoms with E-state index in [4.69, 9.17) is 4.74 Å². The minimum Gasteiger partial charge on any atom is -0.423 e. The normalized spacial score (nSPS) is 17.5. The fraction of sp³-hybridized carbons (Fsp3) is 0.0833. The lowest BCUT2D eigenvalue weighted by Gasteiger charge is -1.99. The fourth-order valence-corrected chi connectivity index (χ4v) is 2.02. The third-order valence-electron chi connectivity index (χ3n) is 2.82. The molecule has 16 heavy (non-hydrogen) atoms.